The molecule has 178 valence electrons. The van der Waals surface area contributed by atoms with E-state index in [1.807, 2.05) is 6.07 Å². The van der Waals surface area contributed by atoms with Crippen molar-refractivity contribution in [1.29, 1.82) is 5.26 Å². The molecule has 7 nitrogen and oxygen atoms in total. The van der Waals surface area contributed by atoms with Gasteiger partial charge in [-0.15, -0.1) is 0 Å². The molecule has 3 aromatic rings. The van der Waals surface area contributed by atoms with Crippen LogP contribution in [0.25, 0.3) is 5.52 Å². The van der Waals surface area contributed by atoms with E-state index < -0.39 is 38.5 Å². The second kappa shape index (κ2) is 9.12. The fourth-order valence-electron chi connectivity index (χ4n) is 4.00. The number of carbonyl (C=O) groups excluding carboxylic acids is 1. The molecule has 34 heavy (non-hydrogen) atoms. The number of hydrogen-bond acceptors (Lipinski definition) is 5. The van der Waals surface area contributed by atoms with E-state index in [4.69, 9.17) is 4.74 Å². The highest BCUT2D eigenvalue weighted by atomic mass is 32.2. The van der Waals surface area contributed by atoms with Crippen molar-refractivity contribution in [3.05, 3.63) is 71.5 Å². The molecule has 3 heterocycles. The summed E-state index contributed by atoms with van der Waals surface area (Å²) in [7, 11) is -4.13. The van der Waals surface area contributed by atoms with Gasteiger partial charge in [-0.25, -0.2) is 8.42 Å². The second-order valence-electron chi connectivity index (χ2n) is 7.95. The van der Waals surface area contributed by atoms with Crippen molar-refractivity contribution in [1.82, 2.24) is 8.71 Å². The second-order valence-corrected chi connectivity index (χ2v) is 9.88. The first-order valence-corrected chi connectivity index (χ1v) is 11.9. The van der Waals surface area contributed by atoms with E-state index >= 15 is 0 Å². The highest BCUT2D eigenvalue weighted by molar-refractivity contribution is 7.89. The number of fused-ring (bicyclic) bond motifs is 1. The van der Waals surface area contributed by atoms with Crippen LogP contribution < -0.4 is 0 Å². The van der Waals surface area contributed by atoms with Crippen molar-refractivity contribution in [3.63, 3.8) is 0 Å². The van der Waals surface area contributed by atoms with Crippen molar-refractivity contribution in [2.45, 2.75) is 30.5 Å². The number of nitrogens with zero attached hydrogens (tertiary/aromatic N) is 3. The number of aromatic nitrogens is 1. The minimum absolute atomic E-state index is 0.0160. The lowest BCUT2D eigenvalue weighted by Crippen LogP contribution is -2.40. The first-order valence-electron chi connectivity index (χ1n) is 10.4. The Hall–Kier alpha value is -3.36. The first-order chi connectivity index (χ1) is 16.1. The zero-order valence-corrected chi connectivity index (χ0v) is 18.6. The summed E-state index contributed by atoms with van der Waals surface area (Å²) in [5, 5.41) is 9.45. The van der Waals surface area contributed by atoms with Gasteiger partial charge in [-0.05, 0) is 43.2 Å². The molecule has 0 unspecified atom stereocenters. The Bertz CT molecular complexity index is 1370. The number of sulfonamides is 1. The highest BCUT2D eigenvalue weighted by Gasteiger charge is 2.35. The van der Waals surface area contributed by atoms with Crippen LogP contribution in [0.3, 0.4) is 0 Å². The summed E-state index contributed by atoms with van der Waals surface area (Å²) < 4.78 is 72.8. The van der Waals surface area contributed by atoms with E-state index in [2.05, 4.69) is 6.07 Å². The van der Waals surface area contributed by atoms with Crippen LogP contribution in [0.5, 0.6) is 0 Å². The van der Waals surface area contributed by atoms with Crippen LogP contribution in [0.2, 0.25) is 0 Å². The third-order valence-corrected chi connectivity index (χ3v) is 7.72. The Morgan fingerprint density at radius 1 is 1.15 bits per heavy atom. The molecule has 0 spiro atoms. The predicted molar refractivity (Wildman–Crippen MR) is 115 cm³/mol. The third kappa shape index (κ3) is 4.64. The van der Waals surface area contributed by atoms with Crippen molar-refractivity contribution in [3.8, 4) is 6.07 Å². The number of carbonyl (C=O) groups is 1. The summed E-state index contributed by atoms with van der Waals surface area (Å²) in [6.45, 7) is -0.123. The molecule has 0 N–H and O–H groups in total. The number of rotatable bonds is 5. The summed E-state index contributed by atoms with van der Waals surface area (Å²) in [5.41, 5.74) is 0.633. The van der Waals surface area contributed by atoms with E-state index in [1.165, 1.54) is 0 Å². The van der Waals surface area contributed by atoms with Gasteiger partial charge in [-0.3, -0.25) is 4.79 Å². The summed E-state index contributed by atoms with van der Waals surface area (Å²) >= 11 is 0. The largest absolute Gasteiger partial charge is 0.460 e. The van der Waals surface area contributed by atoms with Crippen LogP contribution >= 0.6 is 0 Å². The average Bonchev–Trinajstić information content (AvgIpc) is 3.19. The number of alkyl halides is 3. The Morgan fingerprint density at radius 3 is 2.56 bits per heavy atom. The molecular weight excluding hydrogens is 471 g/mol. The number of esters is 1. The van der Waals surface area contributed by atoms with Gasteiger partial charge in [0.2, 0.25) is 10.0 Å². The van der Waals surface area contributed by atoms with Crippen LogP contribution in [0.15, 0.2) is 59.8 Å². The van der Waals surface area contributed by atoms with Crippen molar-refractivity contribution >= 4 is 21.5 Å². The van der Waals surface area contributed by atoms with Crippen LogP contribution in [-0.4, -0.2) is 36.2 Å². The van der Waals surface area contributed by atoms with E-state index in [-0.39, 0.29) is 32.5 Å². The molecule has 1 fully saturated rings. The Kier molecular flexibility index (Phi) is 6.38. The lowest BCUT2D eigenvalue weighted by atomic mass is 9.98. The molecular formula is C23H20F3N3O4S. The smallest absolute Gasteiger partial charge is 0.416 e. The monoisotopic (exact) mass is 491 g/mol. The normalized spacial score (nSPS) is 15.8. The number of halogens is 3. The molecule has 0 atom stereocenters. The molecule has 0 radical (unpaired) electrons. The van der Waals surface area contributed by atoms with Gasteiger partial charge < -0.3 is 9.14 Å². The number of hydrogen-bond donors (Lipinski definition) is 0. The number of piperidine rings is 1. The molecule has 4 rings (SSSR count). The molecule has 2 aromatic heterocycles. The van der Waals surface area contributed by atoms with E-state index in [9.17, 15) is 31.6 Å². The summed E-state index contributed by atoms with van der Waals surface area (Å²) in [6.07, 6.45) is -0.799. The van der Waals surface area contributed by atoms with Crippen molar-refractivity contribution in [2.24, 2.45) is 5.92 Å². The first kappa shape index (κ1) is 23.8. The Balaban J connectivity index is 1.38. The quantitative estimate of drug-likeness (QED) is 0.504. The van der Waals surface area contributed by atoms with Gasteiger partial charge in [-0.2, -0.15) is 22.7 Å². The van der Waals surface area contributed by atoms with E-state index in [0.717, 1.165) is 22.5 Å². The molecule has 1 saturated heterocycles. The fourth-order valence-corrected chi connectivity index (χ4v) is 5.51. The maximum atomic E-state index is 13.0. The average molecular weight is 491 g/mol. The molecule has 0 bridgehead atoms. The lowest BCUT2D eigenvalue weighted by Gasteiger charge is -2.30. The standard InChI is InChI=1S/C23H20F3N3O4S/c24-23(25,26)18-4-3-5-19(12-18)34(31,32)29-10-7-16(8-11-29)22(30)33-15-17-14-28-9-2-1-6-21(28)20(17)13-27/h1-6,9,12,14,16H,7-8,10-11,15H2. The molecule has 11 heteroatoms. The maximum absolute atomic E-state index is 13.0. The van der Waals surface area contributed by atoms with Gasteiger partial charge in [0, 0.05) is 31.0 Å². The zero-order chi connectivity index (χ0) is 24.5. The van der Waals surface area contributed by atoms with Gasteiger partial charge in [-0.1, -0.05) is 12.1 Å². The topological polar surface area (TPSA) is 91.9 Å². The molecule has 0 amide bonds. The van der Waals surface area contributed by atoms with Gasteiger partial charge in [0.25, 0.3) is 0 Å². The van der Waals surface area contributed by atoms with Crippen LogP contribution in [-0.2, 0) is 32.3 Å². The third-order valence-electron chi connectivity index (χ3n) is 5.83. The molecule has 0 saturated carbocycles. The fraction of sp³-hybridized carbons (Fsp3) is 0.304. The number of benzene rings is 1. The van der Waals surface area contributed by atoms with Crippen LogP contribution in [0.4, 0.5) is 13.2 Å². The van der Waals surface area contributed by atoms with Gasteiger partial charge in [0.1, 0.15) is 12.7 Å². The van der Waals surface area contributed by atoms with E-state index in [0.29, 0.717) is 22.7 Å². The number of pyridine rings is 1. The zero-order valence-electron chi connectivity index (χ0n) is 17.8. The van der Waals surface area contributed by atoms with E-state index in [1.54, 1.807) is 28.9 Å². The molecule has 0 aliphatic carbocycles. The Labute approximate surface area is 194 Å². The minimum Gasteiger partial charge on any atom is -0.460 e. The molecule has 1 aromatic carbocycles. The number of ether oxygens (including phenoxy) is 1. The lowest BCUT2D eigenvalue weighted by molar-refractivity contribution is -0.151. The van der Waals surface area contributed by atoms with Gasteiger partial charge >= 0.3 is 12.1 Å². The SMILES string of the molecule is N#Cc1c(COC(=O)C2CCN(S(=O)(=O)c3cccc(C(F)(F)F)c3)CC2)cn2ccccc12. The Morgan fingerprint density at radius 2 is 1.88 bits per heavy atom. The van der Waals surface area contributed by atoms with Gasteiger partial charge in [0.15, 0.2) is 0 Å². The minimum atomic E-state index is -4.65. The highest BCUT2D eigenvalue weighted by Crippen LogP contribution is 2.32. The van der Waals surface area contributed by atoms with Crippen molar-refractivity contribution < 1.29 is 31.1 Å². The summed E-state index contributed by atoms with van der Waals surface area (Å²) in [5.74, 6) is -1.05. The predicted octanol–water partition coefficient (Wildman–Crippen LogP) is 3.97. The summed E-state index contributed by atoms with van der Waals surface area (Å²) in [4.78, 5) is 12.1. The molecule has 1 aliphatic rings. The molecule has 1 aliphatic heterocycles. The summed E-state index contributed by atoms with van der Waals surface area (Å²) in [6, 6.07) is 11.1. The van der Waals surface area contributed by atoms with Gasteiger partial charge in [0.05, 0.1) is 27.5 Å². The van der Waals surface area contributed by atoms with Crippen molar-refractivity contribution in [2.75, 3.05) is 13.1 Å². The van der Waals surface area contributed by atoms with Crippen LogP contribution in [0.1, 0.15) is 29.5 Å². The van der Waals surface area contributed by atoms with Crippen LogP contribution in [0, 0.1) is 17.2 Å². The number of nitriles is 1. The maximum Gasteiger partial charge on any atom is 0.416 e.